The largest absolute Gasteiger partial charge is 0.415 e. The Hall–Kier alpha value is -0.290. The average Bonchev–Trinajstić information content (AvgIpc) is 2.25. The van der Waals surface area contributed by atoms with Crippen LogP contribution in [0.25, 0.3) is 0 Å². The third kappa shape index (κ3) is 4.84. The van der Waals surface area contributed by atoms with Crippen molar-refractivity contribution < 1.29 is 18.3 Å². The summed E-state index contributed by atoms with van der Waals surface area (Å²) in [6.07, 6.45) is -2.80. The summed E-state index contributed by atoms with van der Waals surface area (Å²) in [4.78, 5) is 0. The van der Waals surface area contributed by atoms with Gasteiger partial charge in [0.2, 0.25) is 0 Å². The molecule has 1 aliphatic carbocycles. The summed E-state index contributed by atoms with van der Waals surface area (Å²) in [6, 6.07) is 0.127. The molecule has 5 heteroatoms. The summed E-state index contributed by atoms with van der Waals surface area (Å²) in [7, 11) is 0. The molecule has 1 saturated carbocycles. The molecule has 0 aromatic carbocycles. The van der Waals surface area contributed by atoms with Crippen molar-refractivity contribution >= 4 is 0 Å². The summed E-state index contributed by atoms with van der Waals surface area (Å²) >= 11 is 0. The van der Waals surface area contributed by atoms with Gasteiger partial charge in [-0.25, -0.2) is 0 Å². The molecular weight excluding hydrogens is 231 g/mol. The van der Waals surface area contributed by atoms with Crippen molar-refractivity contribution in [2.75, 3.05) is 6.54 Å². The number of halogens is 3. The maximum Gasteiger partial charge on any atom is 0.415 e. The van der Waals surface area contributed by atoms with E-state index in [0.717, 1.165) is 25.7 Å². The molecule has 0 heterocycles. The zero-order chi connectivity index (χ0) is 13.1. The first-order valence-electron chi connectivity index (χ1n) is 6.29. The lowest BCUT2D eigenvalue weighted by Crippen LogP contribution is -2.43. The molecule has 1 atom stereocenters. The Labute approximate surface area is 101 Å². The fourth-order valence-electron chi connectivity index (χ4n) is 2.38. The van der Waals surface area contributed by atoms with Gasteiger partial charge in [-0.15, -0.1) is 0 Å². The van der Waals surface area contributed by atoms with Crippen molar-refractivity contribution in [1.29, 1.82) is 0 Å². The van der Waals surface area contributed by atoms with Gasteiger partial charge in [0, 0.05) is 12.6 Å². The quantitative estimate of drug-likeness (QED) is 0.807. The van der Waals surface area contributed by atoms with Crippen molar-refractivity contribution in [1.82, 2.24) is 5.32 Å². The Morgan fingerprint density at radius 3 is 2.12 bits per heavy atom. The highest BCUT2D eigenvalue weighted by molar-refractivity contribution is 4.80. The molecule has 1 fully saturated rings. The standard InChI is InChI=1S/C12H22F3NO/c1-8(2)9-3-5-10(6-4-9)16-7-11(17)12(13,14)15/h8-11,16-17H,3-7H2,1-2H3. The van der Waals surface area contributed by atoms with E-state index >= 15 is 0 Å². The van der Waals surface area contributed by atoms with Gasteiger partial charge < -0.3 is 10.4 Å². The Bertz CT molecular complexity index is 222. The molecule has 2 N–H and O–H groups in total. The van der Waals surface area contributed by atoms with Crippen molar-refractivity contribution in [3.8, 4) is 0 Å². The van der Waals surface area contributed by atoms with E-state index in [-0.39, 0.29) is 12.6 Å². The van der Waals surface area contributed by atoms with E-state index in [1.807, 2.05) is 0 Å². The molecule has 0 aromatic heterocycles. The van der Waals surface area contributed by atoms with Gasteiger partial charge in [0.05, 0.1) is 0 Å². The van der Waals surface area contributed by atoms with E-state index in [1.54, 1.807) is 0 Å². The minimum absolute atomic E-state index is 0.127. The SMILES string of the molecule is CC(C)C1CCC(NCC(O)C(F)(F)F)CC1. The van der Waals surface area contributed by atoms with Gasteiger partial charge in [-0.2, -0.15) is 13.2 Å². The van der Waals surface area contributed by atoms with Crippen LogP contribution in [0.3, 0.4) is 0 Å². The molecule has 1 aliphatic rings. The number of aliphatic hydroxyl groups is 1. The summed E-state index contributed by atoms with van der Waals surface area (Å²) in [5.41, 5.74) is 0. The molecular formula is C12H22F3NO. The van der Waals surface area contributed by atoms with E-state index in [0.29, 0.717) is 11.8 Å². The molecule has 0 spiro atoms. The lowest BCUT2D eigenvalue weighted by molar-refractivity contribution is -0.202. The van der Waals surface area contributed by atoms with Crippen LogP contribution in [0, 0.1) is 11.8 Å². The molecule has 2 nitrogen and oxygen atoms in total. The third-order valence-corrected chi connectivity index (χ3v) is 3.69. The van der Waals surface area contributed by atoms with E-state index < -0.39 is 12.3 Å². The van der Waals surface area contributed by atoms with Crippen molar-refractivity contribution in [2.24, 2.45) is 11.8 Å². The van der Waals surface area contributed by atoms with E-state index in [4.69, 9.17) is 5.11 Å². The van der Waals surface area contributed by atoms with Crippen molar-refractivity contribution in [2.45, 2.75) is 57.9 Å². The van der Waals surface area contributed by atoms with Gasteiger partial charge in [0.25, 0.3) is 0 Å². The minimum atomic E-state index is -4.51. The number of aliphatic hydroxyl groups excluding tert-OH is 1. The first-order valence-corrected chi connectivity index (χ1v) is 6.29. The molecule has 0 bridgehead atoms. The first kappa shape index (κ1) is 14.8. The maximum atomic E-state index is 12.1. The Balaban J connectivity index is 2.23. The summed E-state index contributed by atoms with van der Waals surface area (Å²) in [6.45, 7) is 3.98. The van der Waals surface area contributed by atoms with Crippen molar-refractivity contribution in [3.05, 3.63) is 0 Å². The van der Waals surface area contributed by atoms with Gasteiger partial charge in [-0.05, 0) is 37.5 Å². The van der Waals surface area contributed by atoms with Crippen LogP contribution in [-0.2, 0) is 0 Å². The molecule has 17 heavy (non-hydrogen) atoms. The summed E-state index contributed by atoms with van der Waals surface area (Å²) in [5, 5.41) is 11.7. The van der Waals surface area contributed by atoms with Crippen LogP contribution < -0.4 is 5.32 Å². The zero-order valence-electron chi connectivity index (χ0n) is 10.4. The molecule has 0 saturated heterocycles. The highest BCUT2D eigenvalue weighted by atomic mass is 19.4. The topological polar surface area (TPSA) is 32.3 Å². The van der Waals surface area contributed by atoms with Gasteiger partial charge in [-0.1, -0.05) is 13.8 Å². The van der Waals surface area contributed by atoms with E-state index in [2.05, 4.69) is 19.2 Å². The van der Waals surface area contributed by atoms with Crippen LogP contribution >= 0.6 is 0 Å². The Kier molecular flexibility index (Phi) is 5.25. The lowest BCUT2D eigenvalue weighted by atomic mass is 9.80. The maximum absolute atomic E-state index is 12.1. The van der Waals surface area contributed by atoms with Gasteiger partial charge in [0.15, 0.2) is 6.10 Å². The number of rotatable bonds is 4. The van der Waals surface area contributed by atoms with Crippen LogP contribution in [-0.4, -0.2) is 30.0 Å². The van der Waals surface area contributed by atoms with Crippen LogP contribution in [0.15, 0.2) is 0 Å². The fraction of sp³-hybridized carbons (Fsp3) is 1.00. The second kappa shape index (κ2) is 6.05. The lowest BCUT2D eigenvalue weighted by Gasteiger charge is -2.32. The molecule has 1 rings (SSSR count). The van der Waals surface area contributed by atoms with Gasteiger partial charge in [-0.3, -0.25) is 0 Å². The van der Waals surface area contributed by atoms with Crippen LogP contribution in [0.1, 0.15) is 39.5 Å². The molecule has 1 unspecified atom stereocenters. The van der Waals surface area contributed by atoms with Gasteiger partial charge in [0.1, 0.15) is 0 Å². The highest BCUT2D eigenvalue weighted by Gasteiger charge is 2.38. The molecule has 0 amide bonds. The Morgan fingerprint density at radius 1 is 1.18 bits per heavy atom. The Morgan fingerprint density at radius 2 is 1.71 bits per heavy atom. The predicted molar refractivity (Wildman–Crippen MR) is 60.6 cm³/mol. The zero-order valence-corrected chi connectivity index (χ0v) is 10.4. The summed E-state index contributed by atoms with van der Waals surface area (Å²) in [5.74, 6) is 1.34. The smallest absolute Gasteiger partial charge is 0.382 e. The minimum Gasteiger partial charge on any atom is -0.382 e. The molecule has 0 aliphatic heterocycles. The van der Waals surface area contributed by atoms with Crippen LogP contribution in [0.4, 0.5) is 13.2 Å². The third-order valence-electron chi connectivity index (χ3n) is 3.69. The molecule has 0 radical (unpaired) electrons. The fourth-order valence-corrected chi connectivity index (χ4v) is 2.38. The van der Waals surface area contributed by atoms with Crippen molar-refractivity contribution in [3.63, 3.8) is 0 Å². The number of hydrogen-bond donors (Lipinski definition) is 2. The molecule has 0 aromatic rings. The second-order valence-electron chi connectivity index (χ2n) is 5.32. The first-order chi connectivity index (χ1) is 7.80. The second-order valence-corrected chi connectivity index (χ2v) is 5.32. The van der Waals surface area contributed by atoms with Crippen LogP contribution in [0.5, 0.6) is 0 Å². The van der Waals surface area contributed by atoms with Gasteiger partial charge >= 0.3 is 6.18 Å². The van der Waals surface area contributed by atoms with E-state index in [9.17, 15) is 13.2 Å². The number of alkyl halides is 3. The normalized spacial score (nSPS) is 28.4. The van der Waals surface area contributed by atoms with E-state index in [1.165, 1.54) is 0 Å². The highest BCUT2D eigenvalue weighted by Crippen LogP contribution is 2.30. The number of nitrogens with one attached hydrogen (secondary N) is 1. The predicted octanol–water partition coefficient (Wildman–Crippen LogP) is 2.71. The summed E-state index contributed by atoms with van der Waals surface area (Å²) < 4.78 is 36.2. The number of hydrogen-bond acceptors (Lipinski definition) is 2. The monoisotopic (exact) mass is 253 g/mol. The van der Waals surface area contributed by atoms with Crippen LogP contribution in [0.2, 0.25) is 0 Å². The molecule has 102 valence electrons. The average molecular weight is 253 g/mol.